The number of morpholine rings is 1. The molecule has 2 atom stereocenters. The lowest BCUT2D eigenvalue weighted by atomic mass is 9.98. The molecule has 0 saturated carbocycles. The van der Waals surface area contributed by atoms with Crippen molar-refractivity contribution in [3.8, 4) is 0 Å². The van der Waals surface area contributed by atoms with Crippen LogP contribution in [-0.4, -0.2) is 63.4 Å². The van der Waals surface area contributed by atoms with Crippen LogP contribution in [0.3, 0.4) is 0 Å². The Morgan fingerprint density at radius 1 is 1.59 bits per heavy atom. The van der Waals surface area contributed by atoms with Gasteiger partial charge in [0.25, 0.3) is 0 Å². The fraction of sp³-hybridized carbons (Fsp3) is 0.917. The number of hydrogen-bond acceptors (Lipinski definition) is 4. The van der Waals surface area contributed by atoms with E-state index in [9.17, 15) is 4.79 Å². The van der Waals surface area contributed by atoms with Crippen LogP contribution in [-0.2, 0) is 14.3 Å². The summed E-state index contributed by atoms with van der Waals surface area (Å²) < 4.78 is 10.6. The third kappa shape index (κ3) is 3.40. The standard InChI is InChI=1S/C12H22N2O3/c1-16-9-11-8-14(5-6-17-11)12(15)10-3-2-4-13-7-10/h10-11,13H,2-9H2,1H3. The summed E-state index contributed by atoms with van der Waals surface area (Å²) in [6.07, 6.45) is 2.15. The number of amides is 1. The fourth-order valence-electron chi connectivity index (χ4n) is 2.53. The van der Waals surface area contributed by atoms with Crippen molar-refractivity contribution in [1.29, 1.82) is 0 Å². The van der Waals surface area contributed by atoms with Crippen molar-refractivity contribution >= 4 is 5.91 Å². The number of ether oxygens (including phenoxy) is 2. The number of carbonyl (C=O) groups excluding carboxylic acids is 1. The van der Waals surface area contributed by atoms with Gasteiger partial charge in [-0.05, 0) is 19.4 Å². The Hall–Kier alpha value is -0.650. The Kier molecular flexibility index (Phi) is 4.76. The molecule has 0 aromatic rings. The normalized spacial score (nSPS) is 30.3. The summed E-state index contributed by atoms with van der Waals surface area (Å²) in [7, 11) is 1.66. The summed E-state index contributed by atoms with van der Waals surface area (Å²) in [6.45, 7) is 4.44. The Bertz CT molecular complexity index is 252. The van der Waals surface area contributed by atoms with Gasteiger partial charge in [-0.1, -0.05) is 0 Å². The minimum atomic E-state index is 0.0363. The molecule has 2 aliphatic rings. The summed E-state index contributed by atoms with van der Waals surface area (Å²) in [4.78, 5) is 14.2. The number of hydrogen-bond donors (Lipinski definition) is 1. The minimum absolute atomic E-state index is 0.0363. The average molecular weight is 242 g/mol. The Balaban J connectivity index is 1.85. The first kappa shape index (κ1) is 12.8. The molecule has 5 nitrogen and oxygen atoms in total. The van der Waals surface area contributed by atoms with Crippen LogP contribution in [0.25, 0.3) is 0 Å². The second-order valence-electron chi connectivity index (χ2n) is 4.78. The Morgan fingerprint density at radius 3 is 3.18 bits per heavy atom. The van der Waals surface area contributed by atoms with Crippen LogP contribution < -0.4 is 5.32 Å². The van der Waals surface area contributed by atoms with E-state index in [-0.39, 0.29) is 17.9 Å². The monoisotopic (exact) mass is 242 g/mol. The molecule has 0 aromatic carbocycles. The molecular weight excluding hydrogens is 220 g/mol. The molecule has 2 unspecified atom stereocenters. The number of nitrogens with zero attached hydrogens (tertiary/aromatic N) is 1. The van der Waals surface area contributed by atoms with E-state index in [0.717, 1.165) is 32.5 Å². The third-order valence-electron chi connectivity index (χ3n) is 3.45. The van der Waals surface area contributed by atoms with E-state index in [4.69, 9.17) is 9.47 Å². The first-order valence-electron chi connectivity index (χ1n) is 6.41. The molecule has 0 aliphatic carbocycles. The van der Waals surface area contributed by atoms with Gasteiger partial charge in [0.05, 0.1) is 25.2 Å². The van der Waals surface area contributed by atoms with Crippen molar-refractivity contribution in [2.75, 3.05) is 46.5 Å². The lowest BCUT2D eigenvalue weighted by molar-refractivity contribution is -0.145. The van der Waals surface area contributed by atoms with Crippen molar-refractivity contribution in [3.05, 3.63) is 0 Å². The van der Waals surface area contributed by atoms with Gasteiger partial charge in [0.1, 0.15) is 0 Å². The highest BCUT2D eigenvalue weighted by Gasteiger charge is 2.29. The number of nitrogens with one attached hydrogen (secondary N) is 1. The van der Waals surface area contributed by atoms with Gasteiger partial charge in [0.2, 0.25) is 5.91 Å². The molecule has 1 amide bonds. The van der Waals surface area contributed by atoms with Gasteiger partial charge in [-0.2, -0.15) is 0 Å². The maximum Gasteiger partial charge on any atom is 0.227 e. The van der Waals surface area contributed by atoms with Crippen LogP contribution in [0.4, 0.5) is 0 Å². The van der Waals surface area contributed by atoms with Gasteiger partial charge in [-0.3, -0.25) is 4.79 Å². The lowest BCUT2D eigenvalue weighted by Gasteiger charge is -2.35. The third-order valence-corrected chi connectivity index (χ3v) is 3.45. The number of piperidine rings is 1. The van der Waals surface area contributed by atoms with Crippen LogP contribution >= 0.6 is 0 Å². The molecule has 1 N–H and O–H groups in total. The molecule has 0 spiro atoms. The first-order chi connectivity index (χ1) is 8.31. The van der Waals surface area contributed by atoms with Crippen molar-refractivity contribution in [2.24, 2.45) is 5.92 Å². The molecule has 2 heterocycles. The predicted octanol–water partition coefficient (Wildman–Crippen LogP) is -0.140. The zero-order valence-electron chi connectivity index (χ0n) is 10.5. The van der Waals surface area contributed by atoms with Crippen molar-refractivity contribution in [1.82, 2.24) is 10.2 Å². The van der Waals surface area contributed by atoms with E-state index in [1.165, 1.54) is 0 Å². The van der Waals surface area contributed by atoms with E-state index in [1.54, 1.807) is 7.11 Å². The Morgan fingerprint density at radius 2 is 2.47 bits per heavy atom. The van der Waals surface area contributed by atoms with E-state index in [0.29, 0.717) is 19.8 Å². The molecule has 2 saturated heterocycles. The van der Waals surface area contributed by atoms with Gasteiger partial charge in [-0.25, -0.2) is 0 Å². The second kappa shape index (κ2) is 6.33. The van der Waals surface area contributed by atoms with Gasteiger partial charge < -0.3 is 19.7 Å². The molecule has 0 aromatic heterocycles. The summed E-state index contributed by atoms with van der Waals surface area (Å²) in [5, 5.41) is 3.29. The van der Waals surface area contributed by atoms with Crippen LogP contribution in [0.15, 0.2) is 0 Å². The molecule has 2 rings (SSSR count). The van der Waals surface area contributed by atoms with Crippen molar-refractivity contribution in [2.45, 2.75) is 18.9 Å². The van der Waals surface area contributed by atoms with Gasteiger partial charge in [-0.15, -0.1) is 0 Å². The van der Waals surface area contributed by atoms with Crippen LogP contribution in [0, 0.1) is 5.92 Å². The largest absolute Gasteiger partial charge is 0.382 e. The highest BCUT2D eigenvalue weighted by atomic mass is 16.5. The molecule has 0 bridgehead atoms. The van der Waals surface area contributed by atoms with E-state index in [2.05, 4.69) is 5.32 Å². The van der Waals surface area contributed by atoms with E-state index >= 15 is 0 Å². The number of rotatable bonds is 3. The number of carbonyl (C=O) groups is 1. The summed E-state index contributed by atoms with van der Waals surface area (Å²) in [5.74, 6) is 0.437. The second-order valence-corrected chi connectivity index (χ2v) is 4.78. The topological polar surface area (TPSA) is 50.8 Å². The van der Waals surface area contributed by atoms with Gasteiger partial charge in [0, 0.05) is 26.7 Å². The average Bonchev–Trinajstić information content (AvgIpc) is 2.40. The van der Waals surface area contributed by atoms with Crippen LogP contribution in [0.1, 0.15) is 12.8 Å². The lowest BCUT2D eigenvalue weighted by Crippen LogP contribution is -2.51. The fourth-order valence-corrected chi connectivity index (χ4v) is 2.53. The van der Waals surface area contributed by atoms with E-state index < -0.39 is 0 Å². The first-order valence-corrected chi connectivity index (χ1v) is 6.41. The van der Waals surface area contributed by atoms with Gasteiger partial charge in [0.15, 0.2) is 0 Å². The molecule has 5 heteroatoms. The summed E-state index contributed by atoms with van der Waals surface area (Å²) in [5.41, 5.74) is 0. The molecule has 98 valence electrons. The van der Waals surface area contributed by atoms with Crippen LogP contribution in [0.2, 0.25) is 0 Å². The molecule has 17 heavy (non-hydrogen) atoms. The molecule has 2 aliphatic heterocycles. The van der Waals surface area contributed by atoms with E-state index in [1.807, 2.05) is 4.90 Å². The Labute approximate surface area is 102 Å². The van der Waals surface area contributed by atoms with Crippen LogP contribution in [0.5, 0.6) is 0 Å². The number of methoxy groups -OCH3 is 1. The van der Waals surface area contributed by atoms with Gasteiger partial charge >= 0.3 is 0 Å². The predicted molar refractivity (Wildman–Crippen MR) is 63.8 cm³/mol. The zero-order valence-corrected chi connectivity index (χ0v) is 10.5. The minimum Gasteiger partial charge on any atom is -0.382 e. The quantitative estimate of drug-likeness (QED) is 0.748. The highest BCUT2D eigenvalue weighted by molar-refractivity contribution is 5.79. The van der Waals surface area contributed by atoms with Crippen molar-refractivity contribution < 1.29 is 14.3 Å². The molecular formula is C12H22N2O3. The van der Waals surface area contributed by atoms with Crippen molar-refractivity contribution in [3.63, 3.8) is 0 Å². The zero-order chi connectivity index (χ0) is 12.1. The smallest absolute Gasteiger partial charge is 0.227 e. The summed E-state index contributed by atoms with van der Waals surface area (Å²) >= 11 is 0. The SMILES string of the molecule is COCC1CN(C(=O)C2CCCNC2)CCO1. The maximum atomic E-state index is 12.3. The summed E-state index contributed by atoms with van der Waals surface area (Å²) in [6, 6.07) is 0. The molecule has 0 radical (unpaired) electrons. The highest BCUT2D eigenvalue weighted by Crippen LogP contribution is 2.16. The maximum absolute atomic E-state index is 12.3. The molecule has 2 fully saturated rings.